The van der Waals surface area contributed by atoms with E-state index in [2.05, 4.69) is 10.3 Å². The van der Waals surface area contributed by atoms with Crippen molar-refractivity contribution < 1.29 is 4.79 Å². The van der Waals surface area contributed by atoms with E-state index in [1.807, 2.05) is 38.1 Å². The molecule has 1 amide bonds. The van der Waals surface area contributed by atoms with E-state index in [9.17, 15) is 4.79 Å². The van der Waals surface area contributed by atoms with E-state index in [4.69, 9.17) is 11.6 Å². The van der Waals surface area contributed by atoms with Gasteiger partial charge in [0.1, 0.15) is 0 Å². The number of nitrogens with zero attached hydrogens (tertiary/aromatic N) is 1. The summed E-state index contributed by atoms with van der Waals surface area (Å²) in [5.41, 5.74) is 0. The molecular formula is C14H15ClN2OS2. The van der Waals surface area contributed by atoms with Gasteiger partial charge in [0.15, 0.2) is 0 Å². The molecule has 0 aliphatic carbocycles. The minimum atomic E-state index is -0.148. The number of nitrogens with one attached hydrogen (secondary N) is 1. The fourth-order valence-electron chi connectivity index (χ4n) is 1.58. The van der Waals surface area contributed by atoms with Crippen molar-refractivity contribution in [2.24, 2.45) is 0 Å². The van der Waals surface area contributed by atoms with E-state index in [0.717, 1.165) is 14.8 Å². The molecule has 2 rings (SSSR count). The Bertz CT molecular complexity index is 583. The topological polar surface area (TPSA) is 42.0 Å². The van der Waals surface area contributed by atoms with E-state index in [1.54, 1.807) is 17.5 Å². The molecule has 0 aliphatic heterocycles. The zero-order chi connectivity index (χ0) is 14.5. The van der Waals surface area contributed by atoms with Crippen LogP contribution in [-0.4, -0.2) is 16.1 Å². The lowest BCUT2D eigenvalue weighted by molar-refractivity contribution is -0.120. The quantitative estimate of drug-likeness (QED) is 0.847. The van der Waals surface area contributed by atoms with Gasteiger partial charge in [-0.2, -0.15) is 0 Å². The monoisotopic (exact) mass is 326 g/mol. The van der Waals surface area contributed by atoms with Crippen molar-refractivity contribution in [1.29, 1.82) is 0 Å². The predicted molar refractivity (Wildman–Crippen MR) is 85.5 cm³/mol. The van der Waals surface area contributed by atoms with Gasteiger partial charge in [-0.3, -0.25) is 4.79 Å². The first kappa shape index (κ1) is 15.4. The van der Waals surface area contributed by atoms with Crippen LogP contribution in [0.1, 0.15) is 16.8 Å². The lowest BCUT2D eigenvalue weighted by Gasteiger charge is -2.11. The average Bonchev–Trinajstić information content (AvgIpc) is 2.84. The van der Waals surface area contributed by atoms with Crippen molar-refractivity contribution in [2.75, 3.05) is 0 Å². The normalized spacial score (nSPS) is 12.2. The highest BCUT2D eigenvalue weighted by molar-refractivity contribution is 8.00. The molecular weight excluding hydrogens is 312 g/mol. The fourth-order valence-corrected chi connectivity index (χ4v) is 3.33. The van der Waals surface area contributed by atoms with Crippen LogP contribution < -0.4 is 5.32 Å². The summed E-state index contributed by atoms with van der Waals surface area (Å²) in [5, 5.41) is 4.49. The van der Waals surface area contributed by atoms with Gasteiger partial charge in [0.25, 0.3) is 0 Å². The number of thioether (sulfide) groups is 1. The first-order valence-electron chi connectivity index (χ1n) is 6.16. The number of carbonyl (C=O) groups is 1. The summed E-state index contributed by atoms with van der Waals surface area (Å²) in [4.78, 5) is 18.3. The zero-order valence-corrected chi connectivity index (χ0v) is 13.6. The van der Waals surface area contributed by atoms with E-state index in [1.165, 1.54) is 11.8 Å². The van der Waals surface area contributed by atoms with Crippen LogP contribution in [0.15, 0.2) is 35.4 Å². The second-order valence-corrected chi connectivity index (χ2v) is 7.45. The van der Waals surface area contributed by atoms with Gasteiger partial charge >= 0.3 is 0 Å². The third-order valence-electron chi connectivity index (χ3n) is 2.60. The van der Waals surface area contributed by atoms with Gasteiger partial charge < -0.3 is 5.32 Å². The Morgan fingerprint density at radius 3 is 2.75 bits per heavy atom. The first-order chi connectivity index (χ1) is 9.54. The molecule has 20 heavy (non-hydrogen) atoms. The third kappa shape index (κ3) is 4.51. The standard InChI is InChI=1S/C14H15ClN2OS2/c1-9(19-12-5-3-11(15)4-6-12)14(18)17-8-13-7-16-10(2)20-13/h3-7,9H,8H2,1-2H3,(H,17,18). The lowest BCUT2D eigenvalue weighted by atomic mass is 10.4. The number of aryl methyl sites for hydroxylation is 1. The molecule has 6 heteroatoms. The number of amides is 1. The Labute approximate surface area is 131 Å². The maximum Gasteiger partial charge on any atom is 0.233 e. The molecule has 1 aromatic carbocycles. The number of hydrogen-bond donors (Lipinski definition) is 1. The largest absolute Gasteiger partial charge is 0.350 e. The predicted octanol–water partition coefficient (Wildman–Crippen LogP) is 3.90. The van der Waals surface area contributed by atoms with Gasteiger partial charge in [-0.05, 0) is 38.1 Å². The molecule has 1 unspecified atom stereocenters. The summed E-state index contributed by atoms with van der Waals surface area (Å²) < 4.78 is 0. The summed E-state index contributed by atoms with van der Waals surface area (Å²) in [5.74, 6) is 0.0241. The zero-order valence-electron chi connectivity index (χ0n) is 11.2. The second kappa shape index (κ2) is 7.11. The maximum absolute atomic E-state index is 12.0. The van der Waals surface area contributed by atoms with E-state index < -0.39 is 0 Å². The Hall–Kier alpha value is -1.04. The van der Waals surface area contributed by atoms with Crippen LogP contribution in [0.4, 0.5) is 0 Å². The van der Waals surface area contributed by atoms with Gasteiger partial charge in [-0.1, -0.05) is 11.6 Å². The molecule has 3 nitrogen and oxygen atoms in total. The Morgan fingerprint density at radius 2 is 2.15 bits per heavy atom. The highest BCUT2D eigenvalue weighted by atomic mass is 35.5. The molecule has 106 valence electrons. The number of thiazole rings is 1. The van der Waals surface area contributed by atoms with Crippen LogP contribution in [0.25, 0.3) is 0 Å². The van der Waals surface area contributed by atoms with Crippen molar-refractivity contribution >= 4 is 40.6 Å². The van der Waals surface area contributed by atoms with Crippen molar-refractivity contribution in [3.05, 3.63) is 45.4 Å². The Balaban J connectivity index is 1.84. The van der Waals surface area contributed by atoms with Gasteiger partial charge in [-0.15, -0.1) is 23.1 Å². The van der Waals surface area contributed by atoms with Crippen LogP contribution in [0, 0.1) is 6.92 Å². The van der Waals surface area contributed by atoms with Crippen molar-refractivity contribution in [3.63, 3.8) is 0 Å². The minimum absolute atomic E-state index is 0.0241. The molecule has 2 aromatic rings. The van der Waals surface area contributed by atoms with Crippen molar-refractivity contribution in [2.45, 2.75) is 30.5 Å². The molecule has 0 fully saturated rings. The van der Waals surface area contributed by atoms with Crippen LogP contribution in [0.2, 0.25) is 5.02 Å². The van der Waals surface area contributed by atoms with E-state index >= 15 is 0 Å². The minimum Gasteiger partial charge on any atom is -0.350 e. The van der Waals surface area contributed by atoms with Gasteiger partial charge in [-0.25, -0.2) is 4.98 Å². The number of rotatable bonds is 5. The molecule has 1 atom stereocenters. The van der Waals surface area contributed by atoms with Crippen molar-refractivity contribution in [3.8, 4) is 0 Å². The van der Waals surface area contributed by atoms with Crippen LogP contribution in [0.3, 0.4) is 0 Å². The molecule has 0 saturated carbocycles. The number of halogens is 1. The van der Waals surface area contributed by atoms with Crippen LogP contribution in [0.5, 0.6) is 0 Å². The number of carbonyl (C=O) groups excluding carboxylic acids is 1. The highest BCUT2D eigenvalue weighted by Gasteiger charge is 2.14. The molecule has 1 N–H and O–H groups in total. The van der Waals surface area contributed by atoms with Gasteiger partial charge in [0, 0.05) is 21.0 Å². The second-order valence-electron chi connectivity index (χ2n) is 4.28. The SMILES string of the molecule is Cc1ncc(CNC(=O)C(C)Sc2ccc(Cl)cc2)s1. The number of aromatic nitrogens is 1. The Kier molecular flexibility index (Phi) is 5.46. The summed E-state index contributed by atoms with van der Waals surface area (Å²) in [6.45, 7) is 4.39. The van der Waals surface area contributed by atoms with Crippen LogP contribution >= 0.6 is 34.7 Å². The summed E-state index contributed by atoms with van der Waals surface area (Å²) >= 11 is 8.95. The van der Waals surface area contributed by atoms with E-state index in [-0.39, 0.29) is 11.2 Å². The molecule has 0 bridgehead atoms. The molecule has 0 radical (unpaired) electrons. The highest BCUT2D eigenvalue weighted by Crippen LogP contribution is 2.24. The summed E-state index contributed by atoms with van der Waals surface area (Å²) in [6, 6.07) is 7.50. The van der Waals surface area contributed by atoms with Crippen LogP contribution in [-0.2, 0) is 11.3 Å². The third-order valence-corrected chi connectivity index (χ3v) is 4.88. The molecule has 1 aromatic heterocycles. The average molecular weight is 327 g/mol. The van der Waals surface area contributed by atoms with Gasteiger partial charge in [0.2, 0.25) is 5.91 Å². The summed E-state index contributed by atoms with van der Waals surface area (Å²) in [7, 11) is 0. The van der Waals surface area contributed by atoms with Gasteiger partial charge in [0.05, 0.1) is 16.8 Å². The smallest absolute Gasteiger partial charge is 0.233 e. The maximum atomic E-state index is 12.0. The number of hydrogen-bond acceptors (Lipinski definition) is 4. The van der Waals surface area contributed by atoms with Crippen molar-refractivity contribution in [1.82, 2.24) is 10.3 Å². The number of benzene rings is 1. The molecule has 0 spiro atoms. The van der Waals surface area contributed by atoms with E-state index in [0.29, 0.717) is 11.6 Å². The lowest BCUT2D eigenvalue weighted by Crippen LogP contribution is -2.30. The summed E-state index contributed by atoms with van der Waals surface area (Å²) in [6.07, 6.45) is 1.80. The molecule has 0 saturated heterocycles. The fraction of sp³-hybridized carbons (Fsp3) is 0.286. The first-order valence-corrected chi connectivity index (χ1v) is 8.23. The molecule has 1 heterocycles. The molecule has 0 aliphatic rings. The Morgan fingerprint density at radius 1 is 1.45 bits per heavy atom.